The molecular weight excluding hydrogens is 221 g/mol. The van der Waals surface area contributed by atoms with Gasteiger partial charge in [-0.05, 0) is 26.0 Å². The molecule has 0 aliphatic rings. The van der Waals surface area contributed by atoms with Crippen molar-refractivity contribution in [3.05, 3.63) is 24.0 Å². The molecule has 0 aliphatic heterocycles. The van der Waals surface area contributed by atoms with Crippen molar-refractivity contribution >= 4 is 17.0 Å². The van der Waals surface area contributed by atoms with Crippen LogP contribution in [0.25, 0.3) is 11.0 Å². The predicted octanol–water partition coefficient (Wildman–Crippen LogP) is 2.18. The minimum Gasteiger partial charge on any atom is -0.377 e. The molecule has 92 valence electrons. The molecule has 2 aromatic rings. The van der Waals surface area contributed by atoms with Gasteiger partial charge in [-0.3, -0.25) is 0 Å². The number of hydrogen-bond acceptors (Lipinski definition) is 3. The summed E-state index contributed by atoms with van der Waals surface area (Å²) in [7, 11) is 1.62. The highest BCUT2D eigenvalue weighted by Gasteiger charge is 2.21. The van der Waals surface area contributed by atoms with Crippen molar-refractivity contribution in [1.29, 1.82) is 0 Å². The topological polar surface area (TPSA) is 53.1 Å². The van der Waals surface area contributed by atoms with Crippen molar-refractivity contribution in [3.8, 4) is 0 Å². The quantitative estimate of drug-likeness (QED) is 0.890. The number of imidazole rings is 1. The zero-order valence-corrected chi connectivity index (χ0v) is 10.2. The van der Waals surface area contributed by atoms with Gasteiger partial charge in [-0.2, -0.15) is 0 Å². The Balaban J connectivity index is 2.57. The van der Waals surface area contributed by atoms with E-state index in [2.05, 4.69) is 4.98 Å². The van der Waals surface area contributed by atoms with E-state index in [0.29, 0.717) is 23.5 Å². The number of nitrogens with zero attached hydrogens (tertiary/aromatic N) is 2. The van der Waals surface area contributed by atoms with E-state index < -0.39 is 5.60 Å². The maximum atomic E-state index is 13.8. The second kappa shape index (κ2) is 4.00. The fourth-order valence-electron chi connectivity index (χ4n) is 1.77. The van der Waals surface area contributed by atoms with Gasteiger partial charge in [-0.25, -0.2) is 9.37 Å². The summed E-state index contributed by atoms with van der Waals surface area (Å²) in [4.78, 5) is 4.14. The molecule has 1 aromatic carbocycles. The molecule has 2 rings (SSSR count). The van der Waals surface area contributed by atoms with Crippen molar-refractivity contribution in [2.45, 2.75) is 26.0 Å². The Bertz CT molecular complexity index is 548. The molecule has 0 saturated heterocycles. The number of ether oxygens (including phenoxy) is 1. The molecule has 0 bridgehead atoms. The van der Waals surface area contributed by atoms with Crippen molar-refractivity contribution < 1.29 is 9.13 Å². The summed E-state index contributed by atoms with van der Waals surface area (Å²) in [6.45, 7) is 4.28. The summed E-state index contributed by atoms with van der Waals surface area (Å²) >= 11 is 0. The first kappa shape index (κ1) is 11.9. The molecule has 0 unspecified atom stereocenters. The summed E-state index contributed by atoms with van der Waals surface area (Å²) in [5, 5.41) is 0. The monoisotopic (exact) mass is 237 g/mol. The van der Waals surface area contributed by atoms with Gasteiger partial charge in [-0.15, -0.1) is 0 Å². The zero-order valence-electron chi connectivity index (χ0n) is 10.2. The molecule has 0 aliphatic carbocycles. The lowest BCUT2D eigenvalue weighted by Crippen LogP contribution is -2.29. The molecule has 4 nitrogen and oxygen atoms in total. The fraction of sp³-hybridized carbons (Fsp3) is 0.417. The largest absolute Gasteiger partial charge is 0.377 e. The SMILES string of the molecule is COC(C)(C)Cn1c(N)nc2cccc(F)c21. The number of anilines is 1. The van der Waals surface area contributed by atoms with E-state index in [4.69, 9.17) is 10.5 Å². The van der Waals surface area contributed by atoms with E-state index in [1.165, 1.54) is 6.07 Å². The van der Waals surface area contributed by atoms with Crippen LogP contribution >= 0.6 is 0 Å². The van der Waals surface area contributed by atoms with Crippen LogP contribution in [-0.4, -0.2) is 22.3 Å². The number of nitrogens with two attached hydrogens (primary N) is 1. The van der Waals surface area contributed by atoms with Crippen LogP contribution in [0.2, 0.25) is 0 Å². The van der Waals surface area contributed by atoms with E-state index in [0.717, 1.165) is 0 Å². The van der Waals surface area contributed by atoms with Crippen LogP contribution < -0.4 is 5.73 Å². The molecule has 2 N–H and O–H groups in total. The first-order valence-electron chi connectivity index (χ1n) is 5.40. The Labute approximate surface area is 99.2 Å². The molecule has 0 spiro atoms. The molecule has 0 amide bonds. The molecule has 0 radical (unpaired) electrons. The van der Waals surface area contributed by atoms with Crippen molar-refractivity contribution in [2.75, 3.05) is 12.8 Å². The summed E-state index contributed by atoms with van der Waals surface area (Å²) in [5.41, 5.74) is 6.38. The van der Waals surface area contributed by atoms with Gasteiger partial charge in [0.25, 0.3) is 0 Å². The first-order chi connectivity index (χ1) is 7.94. The molecule has 1 heterocycles. The van der Waals surface area contributed by atoms with Gasteiger partial charge in [0.2, 0.25) is 5.95 Å². The maximum absolute atomic E-state index is 13.8. The van der Waals surface area contributed by atoms with Crippen LogP contribution in [0.4, 0.5) is 10.3 Å². The number of fused-ring (bicyclic) bond motifs is 1. The van der Waals surface area contributed by atoms with Gasteiger partial charge in [0.15, 0.2) is 0 Å². The van der Waals surface area contributed by atoms with Gasteiger partial charge in [0.1, 0.15) is 11.3 Å². The maximum Gasteiger partial charge on any atom is 0.201 e. The average Bonchev–Trinajstić information content (AvgIpc) is 2.56. The predicted molar refractivity (Wildman–Crippen MR) is 65.2 cm³/mol. The number of aromatic nitrogens is 2. The summed E-state index contributed by atoms with van der Waals surface area (Å²) in [6, 6.07) is 4.76. The summed E-state index contributed by atoms with van der Waals surface area (Å²) < 4.78 is 20.8. The normalized spacial score (nSPS) is 12.2. The number of para-hydroxylation sites is 1. The molecule has 1 aromatic heterocycles. The molecular formula is C12H16FN3O. The van der Waals surface area contributed by atoms with Gasteiger partial charge in [-0.1, -0.05) is 6.07 Å². The Hall–Kier alpha value is -1.62. The van der Waals surface area contributed by atoms with Crippen molar-refractivity contribution in [3.63, 3.8) is 0 Å². The van der Waals surface area contributed by atoms with Crippen LogP contribution in [0.5, 0.6) is 0 Å². The van der Waals surface area contributed by atoms with Crippen LogP contribution in [-0.2, 0) is 11.3 Å². The lowest BCUT2D eigenvalue weighted by Gasteiger charge is -2.24. The van der Waals surface area contributed by atoms with Crippen molar-refractivity contribution in [1.82, 2.24) is 9.55 Å². The second-order valence-electron chi connectivity index (χ2n) is 4.63. The summed E-state index contributed by atoms with van der Waals surface area (Å²) in [6.07, 6.45) is 0. The molecule has 0 fully saturated rings. The number of benzene rings is 1. The van der Waals surface area contributed by atoms with Gasteiger partial charge in [0.05, 0.1) is 17.7 Å². The summed E-state index contributed by atoms with van der Waals surface area (Å²) in [5.74, 6) is -0.0196. The average molecular weight is 237 g/mol. The second-order valence-corrected chi connectivity index (χ2v) is 4.63. The van der Waals surface area contributed by atoms with Gasteiger partial charge < -0.3 is 15.0 Å². The highest BCUT2D eigenvalue weighted by molar-refractivity contribution is 5.78. The Morgan fingerprint density at radius 2 is 2.18 bits per heavy atom. The number of halogens is 1. The third-order valence-electron chi connectivity index (χ3n) is 2.84. The number of nitrogen functional groups attached to an aromatic ring is 1. The number of methoxy groups -OCH3 is 1. The standard InChI is InChI=1S/C12H16FN3O/c1-12(2,17-3)7-16-10-8(13)5-4-6-9(10)15-11(16)14/h4-6H,7H2,1-3H3,(H2,14,15). The minimum atomic E-state index is -0.427. The highest BCUT2D eigenvalue weighted by atomic mass is 19.1. The van der Waals surface area contributed by atoms with Crippen LogP contribution in [0.3, 0.4) is 0 Å². The Kier molecular flexibility index (Phi) is 2.79. The van der Waals surface area contributed by atoms with Gasteiger partial charge >= 0.3 is 0 Å². The minimum absolute atomic E-state index is 0.301. The van der Waals surface area contributed by atoms with E-state index in [1.807, 2.05) is 13.8 Å². The van der Waals surface area contributed by atoms with Crippen LogP contribution in [0, 0.1) is 5.82 Å². The first-order valence-corrected chi connectivity index (χ1v) is 5.40. The fourth-order valence-corrected chi connectivity index (χ4v) is 1.77. The van der Waals surface area contributed by atoms with Crippen LogP contribution in [0.15, 0.2) is 18.2 Å². The highest BCUT2D eigenvalue weighted by Crippen LogP contribution is 2.23. The zero-order chi connectivity index (χ0) is 12.6. The smallest absolute Gasteiger partial charge is 0.201 e. The molecule has 17 heavy (non-hydrogen) atoms. The van der Waals surface area contributed by atoms with E-state index in [9.17, 15) is 4.39 Å². The molecule has 0 saturated carbocycles. The van der Waals surface area contributed by atoms with Crippen LogP contribution in [0.1, 0.15) is 13.8 Å². The number of hydrogen-bond donors (Lipinski definition) is 1. The third kappa shape index (κ3) is 2.10. The Morgan fingerprint density at radius 1 is 1.47 bits per heavy atom. The Morgan fingerprint density at radius 3 is 2.82 bits per heavy atom. The van der Waals surface area contributed by atoms with E-state index in [-0.39, 0.29) is 5.82 Å². The van der Waals surface area contributed by atoms with Crippen molar-refractivity contribution in [2.24, 2.45) is 0 Å². The number of rotatable bonds is 3. The molecule has 0 atom stereocenters. The molecule has 5 heteroatoms. The van der Waals surface area contributed by atoms with E-state index in [1.54, 1.807) is 23.8 Å². The van der Waals surface area contributed by atoms with Gasteiger partial charge in [0, 0.05) is 7.11 Å². The lowest BCUT2D eigenvalue weighted by molar-refractivity contribution is 0.00939. The lowest BCUT2D eigenvalue weighted by atomic mass is 10.1. The third-order valence-corrected chi connectivity index (χ3v) is 2.84. The van der Waals surface area contributed by atoms with E-state index >= 15 is 0 Å².